The van der Waals surface area contributed by atoms with Crippen molar-refractivity contribution >= 4 is 17.3 Å². The molecule has 112 valence electrons. The fourth-order valence-electron chi connectivity index (χ4n) is 1.68. The lowest BCUT2D eigenvalue weighted by atomic mass is 10.2. The van der Waals surface area contributed by atoms with E-state index in [9.17, 15) is 13.6 Å². The van der Waals surface area contributed by atoms with Crippen LogP contribution in [0.5, 0.6) is 0 Å². The van der Waals surface area contributed by atoms with Crippen molar-refractivity contribution in [2.24, 2.45) is 0 Å². The average molecular weight is 322 g/mol. The van der Waals surface area contributed by atoms with Crippen molar-refractivity contribution in [3.63, 3.8) is 0 Å². The summed E-state index contributed by atoms with van der Waals surface area (Å²) in [5.74, 6) is -2.23. The van der Waals surface area contributed by atoms with Crippen molar-refractivity contribution in [1.82, 2.24) is 10.1 Å². The maximum absolute atomic E-state index is 13.4. The van der Waals surface area contributed by atoms with Gasteiger partial charge in [0, 0.05) is 6.07 Å². The Kier molecular flexibility index (Phi) is 3.92. The zero-order valence-corrected chi connectivity index (χ0v) is 11.8. The van der Waals surface area contributed by atoms with Gasteiger partial charge < -0.3 is 9.26 Å². The molecule has 22 heavy (non-hydrogen) atoms. The molecule has 1 aromatic carbocycles. The molecule has 0 N–H and O–H groups in total. The highest BCUT2D eigenvalue weighted by atomic mass is 32.1. The maximum atomic E-state index is 13.4. The number of rotatable bonds is 4. The third kappa shape index (κ3) is 3.01. The van der Waals surface area contributed by atoms with Crippen LogP contribution in [0, 0.1) is 11.6 Å². The fourth-order valence-corrected chi connectivity index (χ4v) is 2.33. The minimum atomic E-state index is -0.991. The molecule has 0 aliphatic rings. The first-order valence-electron chi connectivity index (χ1n) is 6.12. The van der Waals surface area contributed by atoms with Crippen LogP contribution in [0.1, 0.15) is 16.2 Å². The number of halogens is 2. The standard InChI is InChI=1S/C14H8F2N2O3S/c15-8-3-4-9(10(16)6-8)14(19)20-7-12-17-13(18-21-12)11-2-1-5-22-11/h1-6H,7H2. The first-order valence-corrected chi connectivity index (χ1v) is 7.00. The van der Waals surface area contributed by atoms with Crippen molar-refractivity contribution in [1.29, 1.82) is 0 Å². The van der Waals surface area contributed by atoms with Crippen molar-refractivity contribution < 1.29 is 22.8 Å². The minimum absolute atomic E-state index is 0.0827. The van der Waals surface area contributed by atoms with E-state index in [-0.39, 0.29) is 18.1 Å². The van der Waals surface area contributed by atoms with Crippen LogP contribution < -0.4 is 0 Å². The quantitative estimate of drug-likeness (QED) is 0.689. The van der Waals surface area contributed by atoms with Crippen LogP contribution in [0.4, 0.5) is 8.78 Å². The van der Waals surface area contributed by atoms with E-state index in [4.69, 9.17) is 9.26 Å². The molecule has 2 aromatic heterocycles. The summed E-state index contributed by atoms with van der Waals surface area (Å²) in [5, 5.41) is 5.61. The Morgan fingerprint density at radius 3 is 2.91 bits per heavy atom. The van der Waals surface area contributed by atoms with Crippen LogP contribution in [0.25, 0.3) is 10.7 Å². The summed E-state index contributed by atoms with van der Waals surface area (Å²) in [6.45, 7) is -0.298. The number of hydrogen-bond donors (Lipinski definition) is 0. The predicted molar refractivity (Wildman–Crippen MR) is 73.1 cm³/mol. The van der Waals surface area contributed by atoms with E-state index in [1.165, 1.54) is 11.3 Å². The van der Waals surface area contributed by atoms with Gasteiger partial charge in [0.1, 0.15) is 11.6 Å². The summed E-state index contributed by atoms with van der Waals surface area (Å²) >= 11 is 1.44. The Balaban J connectivity index is 1.66. The van der Waals surface area contributed by atoms with Crippen LogP contribution in [-0.4, -0.2) is 16.1 Å². The molecule has 5 nitrogen and oxygen atoms in total. The average Bonchev–Trinajstić information content (AvgIpc) is 3.16. The van der Waals surface area contributed by atoms with E-state index >= 15 is 0 Å². The van der Waals surface area contributed by atoms with Gasteiger partial charge in [0.15, 0.2) is 6.61 Å². The second kappa shape index (κ2) is 6.02. The number of thiophene rings is 1. The van der Waals surface area contributed by atoms with Gasteiger partial charge >= 0.3 is 5.97 Å². The Hall–Kier alpha value is -2.61. The zero-order valence-electron chi connectivity index (χ0n) is 11.0. The molecule has 8 heteroatoms. The van der Waals surface area contributed by atoms with Crippen molar-refractivity contribution in [2.75, 3.05) is 0 Å². The molecule has 3 rings (SSSR count). The molecule has 0 fully saturated rings. The Labute approximate surface area is 127 Å². The number of esters is 1. The summed E-state index contributed by atoms with van der Waals surface area (Å²) in [5.41, 5.74) is -0.362. The number of nitrogens with zero attached hydrogens (tertiary/aromatic N) is 2. The van der Waals surface area contributed by atoms with Crippen LogP contribution >= 0.6 is 11.3 Å². The largest absolute Gasteiger partial charge is 0.452 e. The van der Waals surface area contributed by atoms with Gasteiger partial charge in [-0.1, -0.05) is 11.2 Å². The number of benzene rings is 1. The number of ether oxygens (including phenoxy) is 1. The van der Waals surface area contributed by atoms with Gasteiger partial charge in [0.05, 0.1) is 10.4 Å². The molecule has 0 bridgehead atoms. The first-order chi connectivity index (χ1) is 10.6. The van der Waals surface area contributed by atoms with Crippen molar-refractivity contribution in [3.05, 3.63) is 58.8 Å². The number of carbonyl (C=O) groups excluding carboxylic acids is 1. The van der Waals surface area contributed by atoms with Gasteiger partial charge in [-0.3, -0.25) is 0 Å². The van der Waals surface area contributed by atoms with E-state index in [2.05, 4.69) is 10.1 Å². The first kappa shape index (κ1) is 14.3. The monoisotopic (exact) mass is 322 g/mol. The molecule has 2 heterocycles. The lowest BCUT2D eigenvalue weighted by Crippen LogP contribution is -2.08. The summed E-state index contributed by atoms with van der Waals surface area (Å²) in [4.78, 5) is 16.6. The van der Waals surface area contributed by atoms with E-state index in [0.717, 1.165) is 17.0 Å². The Morgan fingerprint density at radius 2 is 2.18 bits per heavy atom. The van der Waals surface area contributed by atoms with E-state index in [1.54, 1.807) is 0 Å². The molecule has 0 aliphatic heterocycles. The summed E-state index contributed by atoms with van der Waals surface area (Å²) in [6, 6.07) is 6.25. The second-order valence-corrected chi connectivity index (χ2v) is 5.14. The third-order valence-electron chi connectivity index (χ3n) is 2.69. The SMILES string of the molecule is O=C(OCc1nc(-c2cccs2)no1)c1ccc(F)cc1F. The Morgan fingerprint density at radius 1 is 1.32 bits per heavy atom. The number of aromatic nitrogens is 2. The molecule has 0 radical (unpaired) electrons. The normalized spacial score (nSPS) is 10.6. The molecule has 0 spiro atoms. The van der Waals surface area contributed by atoms with Crippen molar-refractivity contribution in [3.8, 4) is 10.7 Å². The smallest absolute Gasteiger partial charge is 0.341 e. The summed E-state index contributed by atoms with van der Waals surface area (Å²) in [6.07, 6.45) is 0. The lowest BCUT2D eigenvalue weighted by molar-refractivity contribution is 0.0424. The van der Waals surface area contributed by atoms with E-state index in [0.29, 0.717) is 11.9 Å². The van der Waals surface area contributed by atoms with Crippen LogP contribution in [-0.2, 0) is 11.3 Å². The van der Waals surface area contributed by atoms with Crippen LogP contribution in [0.15, 0.2) is 40.2 Å². The third-order valence-corrected chi connectivity index (χ3v) is 3.55. The second-order valence-electron chi connectivity index (χ2n) is 4.19. The molecule has 3 aromatic rings. The predicted octanol–water partition coefficient (Wildman–Crippen LogP) is 3.43. The highest BCUT2D eigenvalue weighted by Gasteiger charge is 2.16. The topological polar surface area (TPSA) is 65.2 Å². The molecular formula is C14H8F2N2O3S. The highest BCUT2D eigenvalue weighted by molar-refractivity contribution is 7.13. The van der Waals surface area contributed by atoms with E-state index < -0.39 is 17.6 Å². The molecule has 0 aliphatic carbocycles. The highest BCUT2D eigenvalue weighted by Crippen LogP contribution is 2.21. The lowest BCUT2D eigenvalue weighted by Gasteiger charge is -2.02. The van der Waals surface area contributed by atoms with Crippen LogP contribution in [0.2, 0.25) is 0 Å². The van der Waals surface area contributed by atoms with Gasteiger partial charge in [-0.15, -0.1) is 11.3 Å². The molecule has 0 amide bonds. The van der Waals surface area contributed by atoms with Crippen LogP contribution in [0.3, 0.4) is 0 Å². The minimum Gasteiger partial charge on any atom is -0.452 e. The molecule has 0 atom stereocenters. The van der Waals surface area contributed by atoms with Crippen molar-refractivity contribution in [2.45, 2.75) is 6.61 Å². The fraction of sp³-hybridized carbons (Fsp3) is 0.0714. The van der Waals surface area contributed by atoms with Gasteiger partial charge in [0.2, 0.25) is 5.82 Å². The summed E-state index contributed by atoms with van der Waals surface area (Å²) < 4.78 is 36.0. The number of carbonyl (C=O) groups is 1. The molecule has 0 saturated carbocycles. The zero-order chi connectivity index (χ0) is 15.5. The molecule has 0 saturated heterocycles. The van der Waals surface area contributed by atoms with Gasteiger partial charge in [-0.25, -0.2) is 13.6 Å². The van der Waals surface area contributed by atoms with Gasteiger partial charge in [0.25, 0.3) is 5.89 Å². The van der Waals surface area contributed by atoms with Gasteiger partial charge in [-0.05, 0) is 23.6 Å². The Bertz CT molecular complexity index is 802. The summed E-state index contributed by atoms with van der Waals surface area (Å²) in [7, 11) is 0. The number of hydrogen-bond acceptors (Lipinski definition) is 6. The van der Waals surface area contributed by atoms with E-state index in [1.807, 2.05) is 17.5 Å². The van der Waals surface area contributed by atoms with Gasteiger partial charge in [-0.2, -0.15) is 4.98 Å². The maximum Gasteiger partial charge on any atom is 0.341 e. The molecule has 0 unspecified atom stereocenters. The molecular weight excluding hydrogens is 314 g/mol.